The first-order chi connectivity index (χ1) is 11.7. The van der Waals surface area contributed by atoms with Crippen molar-refractivity contribution >= 4 is 11.8 Å². The first-order valence-corrected chi connectivity index (χ1v) is 8.57. The lowest BCUT2D eigenvalue weighted by Gasteiger charge is -2.18. The number of rotatable bonds is 5. The molecule has 0 amide bonds. The van der Waals surface area contributed by atoms with Crippen LogP contribution < -0.4 is 0 Å². The Morgan fingerprint density at radius 3 is 2.54 bits per heavy atom. The van der Waals surface area contributed by atoms with Gasteiger partial charge in [0.2, 0.25) is 0 Å². The third-order valence-corrected chi connectivity index (χ3v) is 4.25. The number of Topliss-reactive ketones (excluding diaryl/α,β-unsaturated/α-hetero) is 1. The summed E-state index contributed by atoms with van der Waals surface area (Å²) < 4.78 is 5.20. The second-order valence-corrected chi connectivity index (χ2v) is 6.21. The van der Waals surface area contributed by atoms with Crippen LogP contribution in [0.2, 0.25) is 0 Å². The minimum absolute atomic E-state index is 0.0158. The lowest BCUT2D eigenvalue weighted by molar-refractivity contribution is -0.141. The molecule has 1 saturated carbocycles. The number of ketones is 1. The molecule has 1 fully saturated rings. The molecule has 0 bridgehead atoms. The van der Waals surface area contributed by atoms with Gasteiger partial charge in [0, 0.05) is 12.5 Å². The summed E-state index contributed by atoms with van der Waals surface area (Å²) >= 11 is 0. The first kappa shape index (κ1) is 18.0. The minimum Gasteiger partial charge on any atom is -0.457 e. The highest BCUT2D eigenvalue weighted by atomic mass is 16.5. The van der Waals surface area contributed by atoms with Gasteiger partial charge in [0.1, 0.15) is 12.2 Å². The molecule has 0 heterocycles. The third kappa shape index (κ3) is 6.04. The van der Waals surface area contributed by atoms with E-state index in [0.717, 1.165) is 12.0 Å². The Hall–Kier alpha value is -2.34. The summed E-state index contributed by atoms with van der Waals surface area (Å²) in [7, 11) is 0. The van der Waals surface area contributed by atoms with Gasteiger partial charge < -0.3 is 4.74 Å². The molecule has 0 atom stereocenters. The van der Waals surface area contributed by atoms with Crippen molar-refractivity contribution in [3.63, 3.8) is 0 Å². The molecule has 1 aromatic rings. The summed E-state index contributed by atoms with van der Waals surface area (Å²) in [6, 6.07) is 9.39. The van der Waals surface area contributed by atoms with Gasteiger partial charge in [0.25, 0.3) is 0 Å². The van der Waals surface area contributed by atoms with Gasteiger partial charge in [-0.15, -0.1) is 0 Å². The highest BCUT2D eigenvalue weighted by Gasteiger charge is 2.15. The van der Waals surface area contributed by atoms with Crippen molar-refractivity contribution in [2.75, 3.05) is 0 Å². The number of hydrogen-bond acceptors (Lipinski definition) is 3. The topological polar surface area (TPSA) is 43.4 Å². The van der Waals surface area contributed by atoms with Crippen LogP contribution in [-0.4, -0.2) is 11.8 Å². The molecule has 0 N–H and O–H groups in total. The fraction of sp³-hybridized carbons (Fsp3) is 0.429. The van der Waals surface area contributed by atoms with Crippen LogP contribution in [0.25, 0.3) is 0 Å². The number of benzene rings is 1. The normalized spacial score (nSPS) is 15.3. The van der Waals surface area contributed by atoms with Crippen molar-refractivity contribution < 1.29 is 14.3 Å². The Balaban J connectivity index is 1.90. The monoisotopic (exact) mass is 324 g/mol. The quantitative estimate of drug-likeness (QED) is 0.268. The standard InChI is InChI=1S/C21H24O3/c1-17(22)20(15-9-8-12-18-10-4-2-5-11-18)21(23)24-16-19-13-6-3-7-14-19/h3,6-7,13-15,18H,2,4-5,10-12,16H2,1H3/b20-15+. The van der Waals surface area contributed by atoms with Crippen LogP contribution in [0.5, 0.6) is 0 Å². The number of hydrogen-bond donors (Lipinski definition) is 0. The average molecular weight is 324 g/mol. The van der Waals surface area contributed by atoms with E-state index in [1.54, 1.807) is 0 Å². The van der Waals surface area contributed by atoms with Crippen LogP contribution in [0.4, 0.5) is 0 Å². The lowest BCUT2D eigenvalue weighted by atomic mass is 9.87. The molecular formula is C21H24O3. The van der Waals surface area contributed by atoms with Crippen LogP contribution in [0, 0.1) is 17.8 Å². The van der Waals surface area contributed by atoms with Crippen molar-refractivity contribution in [2.24, 2.45) is 5.92 Å². The summed E-state index contributed by atoms with van der Waals surface area (Å²) in [5.41, 5.74) is 0.902. The zero-order chi connectivity index (χ0) is 17.2. The van der Waals surface area contributed by atoms with Crippen LogP contribution in [0.3, 0.4) is 0 Å². The molecule has 24 heavy (non-hydrogen) atoms. The van der Waals surface area contributed by atoms with Crippen molar-refractivity contribution in [1.82, 2.24) is 0 Å². The van der Waals surface area contributed by atoms with E-state index < -0.39 is 5.97 Å². The summed E-state index contributed by atoms with van der Waals surface area (Å²) in [6.07, 6.45) is 8.60. The maximum Gasteiger partial charge on any atom is 0.342 e. The third-order valence-electron chi connectivity index (χ3n) is 4.25. The molecule has 1 aromatic carbocycles. The van der Waals surface area contributed by atoms with Gasteiger partial charge in [-0.25, -0.2) is 4.79 Å². The predicted molar refractivity (Wildman–Crippen MR) is 94.0 cm³/mol. The fourth-order valence-corrected chi connectivity index (χ4v) is 2.82. The van der Waals surface area contributed by atoms with E-state index in [-0.39, 0.29) is 18.0 Å². The van der Waals surface area contributed by atoms with E-state index >= 15 is 0 Å². The second kappa shape index (κ2) is 9.72. The first-order valence-electron chi connectivity index (χ1n) is 8.57. The molecule has 0 spiro atoms. The van der Waals surface area contributed by atoms with Gasteiger partial charge in [0.15, 0.2) is 5.78 Å². The molecule has 126 valence electrons. The van der Waals surface area contributed by atoms with Crippen molar-refractivity contribution in [1.29, 1.82) is 0 Å². The molecular weight excluding hydrogens is 300 g/mol. The van der Waals surface area contributed by atoms with E-state index in [9.17, 15) is 9.59 Å². The Kier molecular flexibility index (Phi) is 7.29. The van der Waals surface area contributed by atoms with Gasteiger partial charge in [-0.1, -0.05) is 61.4 Å². The highest BCUT2D eigenvalue weighted by Crippen LogP contribution is 2.25. The Labute approximate surface area is 144 Å². The van der Waals surface area contributed by atoms with Crippen molar-refractivity contribution in [2.45, 2.75) is 52.1 Å². The molecule has 1 aliphatic carbocycles. The molecule has 0 unspecified atom stereocenters. The number of carbonyl (C=O) groups excluding carboxylic acids is 2. The summed E-state index contributed by atoms with van der Waals surface area (Å²) in [5.74, 6) is 5.67. The summed E-state index contributed by atoms with van der Waals surface area (Å²) in [5, 5.41) is 0. The Morgan fingerprint density at radius 2 is 1.88 bits per heavy atom. The number of allylic oxidation sites excluding steroid dienone is 1. The maximum atomic E-state index is 12.1. The van der Waals surface area contributed by atoms with Crippen LogP contribution in [0.15, 0.2) is 42.0 Å². The Morgan fingerprint density at radius 1 is 1.17 bits per heavy atom. The molecule has 0 aliphatic heterocycles. The molecule has 1 aliphatic rings. The Bertz CT molecular complexity index is 641. The van der Waals surface area contributed by atoms with E-state index in [1.807, 2.05) is 30.3 Å². The molecule has 0 radical (unpaired) electrons. The van der Waals surface area contributed by atoms with Crippen molar-refractivity contribution in [3.05, 3.63) is 47.5 Å². The van der Waals surface area contributed by atoms with E-state index in [2.05, 4.69) is 11.8 Å². The smallest absolute Gasteiger partial charge is 0.342 e. The van der Waals surface area contributed by atoms with Gasteiger partial charge in [-0.2, -0.15) is 0 Å². The highest BCUT2D eigenvalue weighted by molar-refractivity contribution is 6.16. The summed E-state index contributed by atoms with van der Waals surface area (Å²) in [4.78, 5) is 23.7. The SMILES string of the molecule is CC(=O)/C(=C\C#CCC1CCCCC1)C(=O)OCc1ccccc1. The predicted octanol–water partition coefficient (Wildman–Crippen LogP) is 4.22. The second-order valence-electron chi connectivity index (χ2n) is 6.21. The van der Waals surface area contributed by atoms with Crippen LogP contribution in [-0.2, 0) is 20.9 Å². The molecule has 3 nitrogen and oxygen atoms in total. The molecule has 0 aromatic heterocycles. The van der Waals surface area contributed by atoms with E-state index in [1.165, 1.54) is 45.1 Å². The lowest BCUT2D eigenvalue weighted by Crippen LogP contribution is -2.13. The zero-order valence-corrected chi connectivity index (χ0v) is 14.2. The molecule has 2 rings (SSSR count). The van der Waals surface area contributed by atoms with Crippen molar-refractivity contribution in [3.8, 4) is 11.8 Å². The van der Waals surface area contributed by atoms with Crippen LogP contribution >= 0.6 is 0 Å². The number of carbonyl (C=O) groups is 2. The largest absolute Gasteiger partial charge is 0.457 e. The van der Waals surface area contributed by atoms with Gasteiger partial charge in [-0.3, -0.25) is 4.79 Å². The van der Waals surface area contributed by atoms with E-state index in [0.29, 0.717) is 5.92 Å². The van der Waals surface area contributed by atoms with E-state index in [4.69, 9.17) is 4.74 Å². The average Bonchev–Trinajstić information content (AvgIpc) is 2.61. The minimum atomic E-state index is -0.613. The number of ether oxygens (including phenoxy) is 1. The van der Waals surface area contributed by atoms with Gasteiger partial charge >= 0.3 is 5.97 Å². The molecule has 3 heteroatoms. The zero-order valence-electron chi connectivity index (χ0n) is 14.2. The van der Waals surface area contributed by atoms with Gasteiger partial charge in [-0.05, 0) is 31.2 Å². The van der Waals surface area contributed by atoms with Gasteiger partial charge in [0.05, 0.1) is 0 Å². The molecule has 0 saturated heterocycles. The maximum absolute atomic E-state index is 12.1. The number of esters is 1. The summed E-state index contributed by atoms with van der Waals surface area (Å²) in [6.45, 7) is 1.51. The fourth-order valence-electron chi connectivity index (χ4n) is 2.82. The van der Waals surface area contributed by atoms with Crippen LogP contribution in [0.1, 0.15) is 51.0 Å².